The zero-order chi connectivity index (χ0) is 20.3. The van der Waals surface area contributed by atoms with Crippen molar-refractivity contribution in [1.82, 2.24) is 15.1 Å². The average molecular weight is 394 g/mol. The topological polar surface area (TPSA) is 119 Å². The molecule has 0 aliphatic carbocycles. The molecule has 2 rings (SSSR count). The monoisotopic (exact) mass is 393 g/mol. The number of benzene rings is 1. The predicted octanol–water partition coefficient (Wildman–Crippen LogP) is 2.84. The maximum atomic E-state index is 12.4. The summed E-state index contributed by atoms with van der Waals surface area (Å²) >= 11 is 5.98. The van der Waals surface area contributed by atoms with Crippen LogP contribution < -0.4 is 10.6 Å². The highest BCUT2D eigenvalue weighted by atomic mass is 35.5. The molecule has 0 unspecified atom stereocenters. The summed E-state index contributed by atoms with van der Waals surface area (Å²) < 4.78 is 1.25. The van der Waals surface area contributed by atoms with Crippen LogP contribution in [-0.2, 0) is 11.3 Å². The Labute approximate surface area is 160 Å². The Morgan fingerprint density at radius 1 is 1.33 bits per heavy atom. The molecule has 1 heterocycles. The first-order chi connectivity index (χ1) is 12.6. The van der Waals surface area contributed by atoms with Crippen LogP contribution in [0.15, 0.2) is 18.2 Å². The fourth-order valence-electron chi connectivity index (χ4n) is 2.59. The molecule has 2 amide bonds. The fraction of sp³-hybridized carbons (Fsp3) is 0.353. The number of anilines is 1. The van der Waals surface area contributed by atoms with E-state index in [9.17, 15) is 19.7 Å². The average Bonchev–Trinajstić information content (AvgIpc) is 2.80. The van der Waals surface area contributed by atoms with Gasteiger partial charge in [-0.3, -0.25) is 24.4 Å². The molecule has 1 aromatic heterocycles. The molecule has 10 heteroatoms. The minimum absolute atomic E-state index is 0.0769. The number of halogens is 1. The summed E-state index contributed by atoms with van der Waals surface area (Å²) in [5.41, 5.74) is 0.895. The van der Waals surface area contributed by atoms with Gasteiger partial charge in [0.05, 0.1) is 16.2 Å². The van der Waals surface area contributed by atoms with Gasteiger partial charge in [0, 0.05) is 11.1 Å². The Morgan fingerprint density at radius 3 is 2.56 bits per heavy atom. The third-order valence-electron chi connectivity index (χ3n) is 3.74. The van der Waals surface area contributed by atoms with Gasteiger partial charge in [-0.2, -0.15) is 5.10 Å². The highest BCUT2D eigenvalue weighted by Gasteiger charge is 2.23. The van der Waals surface area contributed by atoms with Crippen LogP contribution in [0.25, 0.3) is 0 Å². The lowest BCUT2D eigenvalue weighted by molar-refractivity contribution is -0.386. The highest BCUT2D eigenvalue weighted by Crippen LogP contribution is 2.23. The largest absolute Gasteiger partial charge is 0.350 e. The second-order valence-corrected chi connectivity index (χ2v) is 6.74. The number of aromatic nitrogens is 2. The standard InChI is InChI=1S/C17H20ClN5O4/c1-9(2)19-17(25)13-6-5-12(18)7-14(13)20-15(24)8-22-11(4)16(23(26)27)10(3)21-22/h5-7,9H,8H2,1-4H3,(H,19,25)(H,20,24). The summed E-state index contributed by atoms with van der Waals surface area (Å²) in [6.07, 6.45) is 0. The number of nitro groups is 1. The van der Waals surface area contributed by atoms with Gasteiger partial charge in [-0.25, -0.2) is 0 Å². The van der Waals surface area contributed by atoms with Gasteiger partial charge >= 0.3 is 5.69 Å². The summed E-state index contributed by atoms with van der Waals surface area (Å²) in [5, 5.41) is 20.8. The number of hydrogen-bond acceptors (Lipinski definition) is 5. The number of amides is 2. The molecule has 2 N–H and O–H groups in total. The van der Waals surface area contributed by atoms with Crippen molar-refractivity contribution in [2.75, 3.05) is 5.32 Å². The maximum Gasteiger partial charge on any atom is 0.312 e. The number of carbonyl (C=O) groups excluding carboxylic acids is 2. The Bertz CT molecular complexity index is 907. The van der Waals surface area contributed by atoms with Gasteiger partial charge in [-0.15, -0.1) is 0 Å². The molecule has 0 spiro atoms. The number of rotatable bonds is 6. The van der Waals surface area contributed by atoms with Crippen LogP contribution in [0.4, 0.5) is 11.4 Å². The maximum absolute atomic E-state index is 12.4. The van der Waals surface area contributed by atoms with E-state index < -0.39 is 10.8 Å². The van der Waals surface area contributed by atoms with Gasteiger partial charge in [0.25, 0.3) is 5.91 Å². The van der Waals surface area contributed by atoms with E-state index in [1.807, 2.05) is 13.8 Å². The first-order valence-corrected chi connectivity index (χ1v) is 8.56. The molecule has 0 bridgehead atoms. The van der Waals surface area contributed by atoms with Gasteiger partial charge in [0.1, 0.15) is 17.9 Å². The lowest BCUT2D eigenvalue weighted by atomic mass is 10.1. The third kappa shape index (κ3) is 4.82. The first-order valence-electron chi connectivity index (χ1n) is 8.18. The molecule has 1 aromatic carbocycles. The second-order valence-electron chi connectivity index (χ2n) is 6.30. The molecule has 0 fully saturated rings. The second kappa shape index (κ2) is 8.17. The van der Waals surface area contributed by atoms with E-state index in [4.69, 9.17) is 11.6 Å². The normalized spacial score (nSPS) is 10.7. The van der Waals surface area contributed by atoms with Crippen molar-refractivity contribution >= 4 is 34.8 Å². The van der Waals surface area contributed by atoms with E-state index in [2.05, 4.69) is 15.7 Å². The summed E-state index contributed by atoms with van der Waals surface area (Å²) in [6, 6.07) is 4.46. The van der Waals surface area contributed by atoms with Crippen molar-refractivity contribution in [3.8, 4) is 0 Å². The van der Waals surface area contributed by atoms with E-state index >= 15 is 0 Å². The van der Waals surface area contributed by atoms with Crippen molar-refractivity contribution in [3.63, 3.8) is 0 Å². The van der Waals surface area contributed by atoms with E-state index in [1.165, 1.54) is 30.7 Å². The molecule has 0 radical (unpaired) electrons. The fourth-order valence-corrected chi connectivity index (χ4v) is 2.76. The SMILES string of the molecule is Cc1nn(CC(=O)Nc2cc(Cl)ccc2C(=O)NC(C)C)c(C)c1[N+](=O)[O-]. The van der Waals surface area contributed by atoms with Gasteiger partial charge in [0.15, 0.2) is 0 Å². The quantitative estimate of drug-likeness (QED) is 0.577. The molecule has 9 nitrogen and oxygen atoms in total. The minimum atomic E-state index is -0.530. The molecule has 0 aliphatic rings. The summed E-state index contributed by atoms with van der Waals surface area (Å²) in [5.74, 6) is -0.838. The predicted molar refractivity (Wildman–Crippen MR) is 101 cm³/mol. The highest BCUT2D eigenvalue weighted by molar-refractivity contribution is 6.31. The number of hydrogen-bond donors (Lipinski definition) is 2. The molecular formula is C17H20ClN5O4. The van der Waals surface area contributed by atoms with E-state index in [1.54, 1.807) is 6.07 Å². The number of aryl methyl sites for hydroxylation is 1. The molecule has 27 heavy (non-hydrogen) atoms. The van der Waals surface area contributed by atoms with Crippen LogP contribution in [0.3, 0.4) is 0 Å². The summed E-state index contributed by atoms with van der Waals surface area (Å²) in [6.45, 7) is 6.43. The molecular weight excluding hydrogens is 374 g/mol. The molecule has 0 saturated carbocycles. The lowest BCUT2D eigenvalue weighted by Gasteiger charge is -2.14. The lowest BCUT2D eigenvalue weighted by Crippen LogP contribution is -2.31. The van der Waals surface area contributed by atoms with E-state index in [0.29, 0.717) is 5.02 Å². The third-order valence-corrected chi connectivity index (χ3v) is 3.97. The van der Waals surface area contributed by atoms with Crippen molar-refractivity contribution in [3.05, 3.63) is 50.3 Å². The molecule has 0 atom stereocenters. The number of nitrogens with one attached hydrogen (secondary N) is 2. The van der Waals surface area contributed by atoms with Gasteiger partial charge < -0.3 is 10.6 Å². The van der Waals surface area contributed by atoms with Gasteiger partial charge in [-0.05, 0) is 45.9 Å². The Hall–Kier alpha value is -2.94. The van der Waals surface area contributed by atoms with Crippen molar-refractivity contribution in [1.29, 1.82) is 0 Å². The zero-order valence-electron chi connectivity index (χ0n) is 15.4. The summed E-state index contributed by atoms with van der Waals surface area (Å²) in [4.78, 5) is 35.3. The Balaban J connectivity index is 2.24. The molecule has 0 aliphatic heterocycles. The zero-order valence-corrected chi connectivity index (χ0v) is 16.1. The Morgan fingerprint density at radius 2 is 2.00 bits per heavy atom. The smallest absolute Gasteiger partial charge is 0.312 e. The van der Waals surface area contributed by atoms with Crippen molar-refractivity contribution in [2.24, 2.45) is 0 Å². The van der Waals surface area contributed by atoms with Crippen LogP contribution in [0.5, 0.6) is 0 Å². The van der Waals surface area contributed by atoms with Gasteiger partial charge in [0.2, 0.25) is 5.91 Å². The summed E-state index contributed by atoms with van der Waals surface area (Å²) in [7, 11) is 0. The van der Waals surface area contributed by atoms with Crippen molar-refractivity contribution in [2.45, 2.75) is 40.3 Å². The molecule has 2 aromatic rings. The molecule has 0 saturated heterocycles. The van der Waals surface area contributed by atoms with E-state index in [-0.39, 0.29) is 46.8 Å². The van der Waals surface area contributed by atoms with Crippen LogP contribution in [0.2, 0.25) is 5.02 Å². The first kappa shape index (κ1) is 20.4. The van der Waals surface area contributed by atoms with Crippen molar-refractivity contribution < 1.29 is 14.5 Å². The van der Waals surface area contributed by atoms with Crippen LogP contribution in [0, 0.1) is 24.0 Å². The minimum Gasteiger partial charge on any atom is -0.350 e. The van der Waals surface area contributed by atoms with Gasteiger partial charge in [-0.1, -0.05) is 11.6 Å². The van der Waals surface area contributed by atoms with Crippen LogP contribution >= 0.6 is 11.6 Å². The Kier molecular flexibility index (Phi) is 6.17. The van der Waals surface area contributed by atoms with Crippen LogP contribution in [-0.4, -0.2) is 32.6 Å². The number of carbonyl (C=O) groups is 2. The van der Waals surface area contributed by atoms with E-state index in [0.717, 1.165) is 0 Å². The molecule has 144 valence electrons. The van der Waals surface area contributed by atoms with Crippen LogP contribution in [0.1, 0.15) is 35.6 Å². The number of nitrogens with zero attached hydrogens (tertiary/aromatic N) is 3.